The number of carbonyl (C=O) groups excluding carboxylic acids is 1. The van der Waals surface area contributed by atoms with Crippen LogP contribution in [0.25, 0.3) is 21.7 Å². The van der Waals surface area contributed by atoms with Gasteiger partial charge in [-0.15, -0.1) is 11.3 Å². The lowest BCUT2D eigenvalue weighted by atomic mass is 9.94. The van der Waals surface area contributed by atoms with Gasteiger partial charge < -0.3 is 10.5 Å². The lowest BCUT2D eigenvalue weighted by Crippen LogP contribution is -2.12. The molecule has 3 rings (SSSR count). The van der Waals surface area contributed by atoms with E-state index in [1.807, 2.05) is 41.8 Å². The number of nitrogens with two attached hydrogens (primary N) is 1. The van der Waals surface area contributed by atoms with E-state index in [-0.39, 0.29) is 0 Å². The zero-order valence-electron chi connectivity index (χ0n) is 11.9. The Hall–Kier alpha value is -2.66. The number of ether oxygens (including phenoxy) is 1. The number of para-hydroxylation sites is 1. The molecule has 0 fully saturated rings. The molecule has 110 valence electrons. The highest BCUT2D eigenvalue weighted by Gasteiger charge is 2.19. The van der Waals surface area contributed by atoms with Gasteiger partial charge in [0.25, 0.3) is 0 Å². The predicted molar refractivity (Wildman–Crippen MR) is 88.1 cm³/mol. The molecule has 0 aliphatic rings. The minimum absolute atomic E-state index is 0.457. The number of aromatic nitrogens is 1. The van der Waals surface area contributed by atoms with Crippen molar-refractivity contribution >= 4 is 17.2 Å². The minimum Gasteiger partial charge on any atom is -0.496 e. The molecular weight excluding hydrogens is 296 g/mol. The molecule has 3 aromatic rings. The molecule has 4 nitrogen and oxygen atoms in total. The van der Waals surface area contributed by atoms with Crippen LogP contribution in [0.2, 0.25) is 0 Å². The highest BCUT2D eigenvalue weighted by molar-refractivity contribution is 7.13. The quantitative estimate of drug-likeness (QED) is 0.801. The van der Waals surface area contributed by atoms with Crippen LogP contribution < -0.4 is 10.5 Å². The van der Waals surface area contributed by atoms with E-state index in [0.29, 0.717) is 5.56 Å². The monoisotopic (exact) mass is 310 g/mol. The maximum atomic E-state index is 11.8. The summed E-state index contributed by atoms with van der Waals surface area (Å²) < 4.78 is 5.44. The van der Waals surface area contributed by atoms with E-state index >= 15 is 0 Å². The van der Waals surface area contributed by atoms with Crippen molar-refractivity contribution in [3.8, 4) is 27.4 Å². The van der Waals surface area contributed by atoms with Crippen LogP contribution in [0.15, 0.2) is 54.0 Å². The molecule has 0 aliphatic carbocycles. The highest BCUT2D eigenvalue weighted by atomic mass is 32.1. The van der Waals surface area contributed by atoms with Crippen LogP contribution in [0.3, 0.4) is 0 Å². The fraction of sp³-hybridized carbons (Fsp3) is 0.0588. The first-order valence-corrected chi connectivity index (χ1v) is 7.56. The molecule has 0 aliphatic heterocycles. The van der Waals surface area contributed by atoms with Gasteiger partial charge in [-0.25, -0.2) is 4.98 Å². The fourth-order valence-electron chi connectivity index (χ4n) is 2.43. The molecule has 0 spiro atoms. The van der Waals surface area contributed by atoms with Gasteiger partial charge in [0.1, 0.15) is 10.8 Å². The Bertz CT molecular complexity index is 813. The second-order valence-corrected chi connectivity index (χ2v) is 5.52. The standard InChI is InChI=1S/C17H14N2O2S/c1-21-14-8-3-2-5-11(14)12-6-4-7-13(16(18)20)15(12)17-19-9-10-22-17/h2-10H,1H3,(H2,18,20). The van der Waals surface area contributed by atoms with Crippen molar-refractivity contribution in [1.82, 2.24) is 4.98 Å². The van der Waals surface area contributed by atoms with Crippen LogP contribution in [-0.4, -0.2) is 18.0 Å². The molecular formula is C17H14N2O2S. The van der Waals surface area contributed by atoms with Gasteiger partial charge in [0, 0.05) is 28.3 Å². The molecule has 5 heteroatoms. The van der Waals surface area contributed by atoms with Gasteiger partial charge in [-0.3, -0.25) is 4.79 Å². The van der Waals surface area contributed by atoms with Crippen molar-refractivity contribution in [2.75, 3.05) is 7.11 Å². The Balaban J connectivity index is 2.33. The van der Waals surface area contributed by atoms with E-state index in [9.17, 15) is 4.79 Å². The summed E-state index contributed by atoms with van der Waals surface area (Å²) in [6.45, 7) is 0. The molecule has 0 saturated heterocycles. The number of thiazole rings is 1. The number of primary amides is 1. The van der Waals surface area contributed by atoms with Gasteiger partial charge in [0.05, 0.1) is 7.11 Å². The Morgan fingerprint density at radius 1 is 1.14 bits per heavy atom. The molecule has 0 bridgehead atoms. The average Bonchev–Trinajstić information content (AvgIpc) is 3.08. The van der Waals surface area contributed by atoms with E-state index in [4.69, 9.17) is 10.5 Å². The molecule has 1 heterocycles. The topological polar surface area (TPSA) is 65.2 Å². The van der Waals surface area contributed by atoms with Gasteiger partial charge in [0.2, 0.25) is 5.91 Å². The number of nitrogens with zero attached hydrogens (tertiary/aromatic N) is 1. The zero-order valence-corrected chi connectivity index (χ0v) is 12.8. The first kappa shape index (κ1) is 14.3. The third-order valence-electron chi connectivity index (χ3n) is 3.37. The predicted octanol–water partition coefficient (Wildman–Crippen LogP) is 3.58. The van der Waals surface area contributed by atoms with Gasteiger partial charge in [-0.05, 0) is 17.7 Å². The molecule has 1 aromatic heterocycles. The highest BCUT2D eigenvalue weighted by Crippen LogP contribution is 2.39. The summed E-state index contributed by atoms with van der Waals surface area (Å²) >= 11 is 1.47. The zero-order chi connectivity index (χ0) is 15.5. The number of rotatable bonds is 4. The maximum Gasteiger partial charge on any atom is 0.249 e. The van der Waals surface area contributed by atoms with Crippen LogP contribution in [0.4, 0.5) is 0 Å². The number of amides is 1. The first-order chi connectivity index (χ1) is 10.7. The van der Waals surface area contributed by atoms with E-state index in [0.717, 1.165) is 27.4 Å². The average molecular weight is 310 g/mol. The molecule has 2 aromatic carbocycles. The van der Waals surface area contributed by atoms with E-state index in [2.05, 4.69) is 4.98 Å². The third-order valence-corrected chi connectivity index (χ3v) is 4.16. The largest absolute Gasteiger partial charge is 0.496 e. The Kier molecular flexibility index (Phi) is 3.89. The molecule has 2 N–H and O–H groups in total. The number of hydrogen-bond acceptors (Lipinski definition) is 4. The lowest BCUT2D eigenvalue weighted by Gasteiger charge is -2.14. The summed E-state index contributed by atoms with van der Waals surface area (Å²) in [7, 11) is 1.62. The molecule has 0 saturated carbocycles. The second kappa shape index (κ2) is 5.99. The van der Waals surface area contributed by atoms with Crippen molar-refractivity contribution in [2.24, 2.45) is 5.73 Å². The Labute approximate surface area is 132 Å². The van der Waals surface area contributed by atoms with Crippen LogP contribution >= 0.6 is 11.3 Å². The first-order valence-electron chi connectivity index (χ1n) is 6.68. The summed E-state index contributed by atoms with van der Waals surface area (Å²) in [5, 5.41) is 2.63. The number of hydrogen-bond donors (Lipinski definition) is 1. The molecule has 0 radical (unpaired) electrons. The van der Waals surface area contributed by atoms with Crippen molar-refractivity contribution in [1.29, 1.82) is 0 Å². The number of carbonyl (C=O) groups is 1. The Morgan fingerprint density at radius 2 is 1.91 bits per heavy atom. The number of benzene rings is 2. The lowest BCUT2D eigenvalue weighted by molar-refractivity contribution is 0.100. The van der Waals surface area contributed by atoms with Crippen molar-refractivity contribution < 1.29 is 9.53 Å². The van der Waals surface area contributed by atoms with Gasteiger partial charge in [-0.1, -0.05) is 30.3 Å². The van der Waals surface area contributed by atoms with Gasteiger partial charge >= 0.3 is 0 Å². The van der Waals surface area contributed by atoms with Crippen LogP contribution in [-0.2, 0) is 0 Å². The summed E-state index contributed by atoms with van der Waals surface area (Å²) in [6.07, 6.45) is 1.71. The van der Waals surface area contributed by atoms with E-state index in [1.54, 1.807) is 19.4 Å². The molecule has 22 heavy (non-hydrogen) atoms. The smallest absolute Gasteiger partial charge is 0.249 e. The summed E-state index contributed by atoms with van der Waals surface area (Å²) in [6, 6.07) is 13.2. The SMILES string of the molecule is COc1ccccc1-c1cccc(C(N)=O)c1-c1nccs1. The third kappa shape index (κ3) is 2.46. The minimum atomic E-state index is -0.470. The van der Waals surface area contributed by atoms with Gasteiger partial charge in [-0.2, -0.15) is 0 Å². The van der Waals surface area contributed by atoms with Crippen LogP contribution in [0.5, 0.6) is 5.75 Å². The second-order valence-electron chi connectivity index (χ2n) is 4.63. The van der Waals surface area contributed by atoms with E-state index in [1.165, 1.54) is 11.3 Å². The van der Waals surface area contributed by atoms with Crippen molar-refractivity contribution in [2.45, 2.75) is 0 Å². The van der Waals surface area contributed by atoms with E-state index < -0.39 is 5.91 Å². The maximum absolute atomic E-state index is 11.8. The van der Waals surface area contributed by atoms with Crippen LogP contribution in [0, 0.1) is 0 Å². The molecule has 1 amide bonds. The summed E-state index contributed by atoms with van der Waals surface area (Å²) in [5.41, 5.74) is 8.53. The normalized spacial score (nSPS) is 10.4. The number of methoxy groups -OCH3 is 1. The van der Waals surface area contributed by atoms with Crippen molar-refractivity contribution in [3.63, 3.8) is 0 Å². The molecule has 0 unspecified atom stereocenters. The molecule has 0 atom stereocenters. The van der Waals surface area contributed by atoms with Crippen LogP contribution in [0.1, 0.15) is 10.4 Å². The van der Waals surface area contributed by atoms with Gasteiger partial charge in [0.15, 0.2) is 0 Å². The fourth-order valence-corrected chi connectivity index (χ4v) is 3.14. The van der Waals surface area contributed by atoms with Crippen molar-refractivity contribution in [3.05, 3.63) is 59.6 Å². The Morgan fingerprint density at radius 3 is 2.59 bits per heavy atom. The summed E-state index contributed by atoms with van der Waals surface area (Å²) in [5.74, 6) is 0.267. The summed E-state index contributed by atoms with van der Waals surface area (Å²) in [4.78, 5) is 16.2.